The quantitative estimate of drug-likeness (QED) is 0.373. The summed E-state index contributed by atoms with van der Waals surface area (Å²) in [5, 5.41) is 12.3. The molecule has 0 bridgehead atoms. The van der Waals surface area contributed by atoms with Crippen LogP contribution in [0, 0.1) is 13.8 Å². The van der Waals surface area contributed by atoms with E-state index in [4.69, 9.17) is 16.0 Å². The molecule has 1 amide bonds. The number of aromatic nitrogens is 3. The molecular weight excluding hydrogens is 432 g/mol. The van der Waals surface area contributed by atoms with Gasteiger partial charge < -0.3 is 14.3 Å². The molecule has 1 unspecified atom stereocenters. The fourth-order valence-corrected chi connectivity index (χ4v) is 4.34. The molecule has 2 heterocycles. The van der Waals surface area contributed by atoms with Crippen molar-refractivity contribution in [2.24, 2.45) is 7.05 Å². The number of aryl methyl sites for hydroxylation is 2. The zero-order valence-corrected chi connectivity index (χ0v) is 18.9. The van der Waals surface area contributed by atoms with Crippen LogP contribution in [0.5, 0.6) is 0 Å². The van der Waals surface area contributed by atoms with Crippen molar-refractivity contribution in [1.82, 2.24) is 14.8 Å². The highest BCUT2D eigenvalue weighted by Gasteiger charge is 2.26. The molecule has 0 fully saturated rings. The monoisotopic (exact) mass is 452 g/mol. The number of carbonyl (C=O) groups is 1. The zero-order valence-electron chi connectivity index (χ0n) is 17.3. The minimum Gasteiger partial charge on any atom is -0.469 e. The van der Waals surface area contributed by atoms with Crippen molar-refractivity contribution >= 4 is 35.0 Å². The highest BCUT2D eigenvalue weighted by atomic mass is 35.5. The first kappa shape index (κ1) is 21.2. The summed E-state index contributed by atoms with van der Waals surface area (Å²) in [7, 11) is 1.88. The van der Waals surface area contributed by atoms with E-state index in [1.54, 1.807) is 12.3 Å². The molecule has 0 aliphatic carbocycles. The first-order valence-electron chi connectivity index (χ1n) is 9.66. The molecule has 0 saturated carbocycles. The average molecular weight is 453 g/mol. The van der Waals surface area contributed by atoms with Gasteiger partial charge in [-0.1, -0.05) is 59.8 Å². The Balaban J connectivity index is 1.63. The van der Waals surface area contributed by atoms with Crippen LogP contribution in [0.3, 0.4) is 0 Å². The lowest BCUT2D eigenvalue weighted by Crippen LogP contribution is -2.19. The van der Waals surface area contributed by atoms with Gasteiger partial charge in [-0.05, 0) is 43.2 Å². The molecule has 8 heteroatoms. The van der Waals surface area contributed by atoms with Crippen molar-refractivity contribution in [3.05, 3.63) is 82.8 Å². The van der Waals surface area contributed by atoms with E-state index >= 15 is 0 Å². The summed E-state index contributed by atoms with van der Waals surface area (Å²) < 4.78 is 7.26. The third-order valence-electron chi connectivity index (χ3n) is 4.94. The number of hydrogen-bond acceptors (Lipinski definition) is 5. The highest BCUT2D eigenvalue weighted by molar-refractivity contribution is 8.00. The Morgan fingerprint density at radius 2 is 1.90 bits per heavy atom. The Morgan fingerprint density at radius 3 is 2.58 bits per heavy atom. The number of thioether (sulfide) groups is 1. The summed E-state index contributed by atoms with van der Waals surface area (Å²) in [5.74, 6) is 1.28. The van der Waals surface area contributed by atoms with Crippen LogP contribution < -0.4 is 5.32 Å². The molecule has 1 atom stereocenters. The highest BCUT2D eigenvalue weighted by Crippen LogP contribution is 2.37. The maximum atomic E-state index is 13.3. The van der Waals surface area contributed by atoms with Gasteiger partial charge in [-0.25, -0.2) is 0 Å². The molecule has 2 aromatic heterocycles. The van der Waals surface area contributed by atoms with E-state index in [2.05, 4.69) is 15.5 Å². The van der Waals surface area contributed by atoms with Crippen LogP contribution >= 0.6 is 23.4 Å². The molecule has 0 aliphatic rings. The molecule has 0 spiro atoms. The van der Waals surface area contributed by atoms with E-state index < -0.39 is 5.25 Å². The van der Waals surface area contributed by atoms with Gasteiger partial charge >= 0.3 is 0 Å². The number of carbonyl (C=O) groups excluding carboxylic acids is 1. The van der Waals surface area contributed by atoms with Crippen molar-refractivity contribution in [3.8, 4) is 11.4 Å². The van der Waals surface area contributed by atoms with Gasteiger partial charge in [0.15, 0.2) is 11.0 Å². The maximum Gasteiger partial charge on any atom is 0.242 e. The van der Waals surface area contributed by atoms with E-state index in [0.29, 0.717) is 21.7 Å². The van der Waals surface area contributed by atoms with Crippen molar-refractivity contribution in [1.29, 1.82) is 0 Å². The second-order valence-electron chi connectivity index (χ2n) is 7.12. The Bertz CT molecular complexity index is 1220. The largest absolute Gasteiger partial charge is 0.469 e. The average Bonchev–Trinajstić information content (AvgIpc) is 3.34. The third kappa shape index (κ3) is 4.52. The minimum atomic E-state index is -0.525. The van der Waals surface area contributed by atoms with E-state index in [9.17, 15) is 4.79 Å². The normalized spacial score (nSPS) is 12.0. The Hall–Kier alpha value is -3.03. The summed E-state index contributed by atoms with van der Waals surface area (Å²) in [6.07, 6.45) is 1.62. The number of halogens is 1. The minimum absolute atomic E-state index is 0.167. The fraction of sp³-hybridized carbons (Fsp3) is 0.174. The van der Waals surface area contributed by atoms with Gasteiger partial charge in [-0.2, -0.15) is 0 Å². The fourth-order valence-electron chi connectivity index (χ4n) is 3.15. The van der Waals surface area contributed by atoms with E-state index in [1.807, 2.05) is 74.0 Å². The predicted octanol–water partition coefficient (Wildman–Crippen LogP) is 5.82. The van der Waals surface area contributed by atoms with Crippen molar-refractivity contribution < 1.29 is 9.21 Å². The van der Waals surface area contributed by atoms with Crippen LogP contribution in [0.1, 0.15) is 22.1 Å². The molecule has 4 aromatic rings. The van der Waals surface area contributed by atoms with E-state index in [0.717, 1.165) is 22.5 Å². The molecule has 158 valence electrons. The number of furan rings is 1. The van der Waals surface area contributed by atoms with Gasteiger partial charge in [0.1, 0.15) is 11.0 Å². The summed E-state index contributed by atoms with van der Waals surface area (Å²) in [6, 6.07) is 16.9. The molecular formula is C23H21ClN4O2S. The SMILES string of the molecule is Cc1ccc(NC(=O)C(Sc2nnc(-c3ccoc3C)n2C)c2ccccc2)cc1Cl. The van der Waals surface area contributed by atoms with Crippen LogP contribution in [-0.2, 0) is 11.8 Å². The second-order valence-corrected chi connectivity index (χ2v) is 8.60. The summed E-state index contributed by atoms with van der Waals surface area (Å²) in [4.78, 5) is 13.3. The van der Waals surface area contributed by atoms with E-state index in [-0.39, 0.29) is 5.91 Å². The van der Waals surface area contributed by atoms with Crippen molar-refractivity contribution in [3.63, 3.8) is 0 Å². The number of rotatable bonds is 6. The van der Waals surface area contributed by atoms with E-state index in [1.165, 1.54) is 11.8 Å². The Kier molecular flexibility index (Phi) is 6.15. The van der Waals surface area contributed by atoms with Crippen LogP contribution in [0.4, 0.5) is 5.69 Å². The lowest BCUT2D eigenvalue weighted by molar-refractivity contribution is -0.115. The van der Waals surface area contributed by atoms with Crippen LogP contribution in [0.25, 0.3) is 11.4 Å². The Morgan fingerprint density at radius 1 is 1.13 bits per heavy atom. The maximum absolute atomic E-state index is 13.3. The number of amides is 1. The Labute approximate surface area is 189 Å². The zero-order chi connectivity index (χ0) is 22.0. The topological polar surface area (TPSA) is 73.0 Å². The number of nitrogens with one attached hydrogen (secondary N) is 1. The molecule has 4 rings (SSSR count). The first-order chi connectivity index (χ1) is 14.9. The summed E-state index contributed by atoms with van der Waals surface area (Å²) in [6.45, 7) is 3.80. The van der Waals surface area contributed by atoms with Gasteiger partial charge in [-0.15, -0.1) is 10.2 Å². The third-order valence-corrected chi connectivity index (χ3v) is 6.63. The van der Waals surface area contributed by atoms with Crippen LogP contribution in [0.2, 0.25) is 5.02 Å². The predicted molar refractivity (Wildman–Crippen MR) is 123 cm³/mol. The number of anilines is 1. The van der Waals surface area contributed by atoms with Crippen molar-refractivity contribution in [2.75, 3.05) is 5.32 Å². The van der Waals surface area contributed by atoms with Crippen LogP contribution in [0.15, 0.2) is 70.4 Å². The molecule has 2 aromatic carbocycles. The second kappa shape index (κ2) is 8.99. The molecule has 31 heavy (non-hydrogen) atoms. The number of hydrogen-bond donors (Lipinski definition) is 1. The lowest BCUT2D eigenvalue weighted by atomic mass is 10.1. The standard InChI is InChI=1S/C23H21ClN4O2S/c1-14-9-10-17(13-19(14)24)25-22(29)20(16-7-5-4-6-8-16)31-23-27-26-21(28(23)3)18-11-12-30-15(18)2/h4-13,20H,1-3H3,(H,25,29). The number of benzene rings is 2. The van der Waals surface area contributed by atoms with Gasteiger partial charge in [-0.3, -0.25) is 4.79 Å². The lowest BCUT2D eigenvalue weighted by Gasteiger charge is -2.17. The summed E-state index contributed by atoms with van der Waals surface area (Å²) in [5.41, 5.74) is 3.34. The first-order valence-corrected chi connectivity index (χ1v) is 10.9. The molecule has 0 aliphatic heterocycles. The van der Waals surface area contributed by atoms with Crippen LogP contribution in [-0.4, -0.2) is 20.7 Å². The summed E-state index contributed by atoms with van der Waals surface area (Å²) >= 11 is 7.56. The van der Waals surface area contributed by atoms with Crippen molar-refractivity contribution in [2.45, 2.75) is 24.3 Å². The smallest absolute Gasteiger partial charge is 0.242 e. The number of nitrogens with zero attached hydrogens (tertiary/aromatic N) is 3. The van der Waals surface area contributed by atoms with Gasteiger partial charge in [0, 0.05) is 17.8 Å². The molecule has 0 saturated heterocycles. The van der Waals surface area contributed by atoms with Gasteiger partial charge in [0.25, 0.3) is 0 Å². The van der Waals surface area contributed by atoms with Gasteiger partial charge in [0.05, 0.1) is 11.8 Å². The molecule has 1 N–H and O–H groups in total. The van der Waals surface area contributed by atoms with Gasteiger partial charge in [0.2, 0.25) is 5.91 Å². The molecule has 0 radical (unpaired) electrons. The molecule has 6 nitrogen and oxygen atoms in total.